The van der Waals surface area contributed by atoms with Gasteiger partial charge in [-0.05, 0) is 83.5 Å². The number of phosphoric acid groups is 1. The summed E-state index contributed by atoms with van der Waals surface area (Å²) in [7, 11) is 1.39. The fraction of sp³-hybridized carbons (Fsp3) is 0.667. The molecule has 59 heavy (non-hydrogen) atoms. The second kappa shape index (κ2) is 35.9. The monoisotopic (exact) mass is 847 g/mol. The first-order chi connectivity index (χ1) is 28.5. The third kappa shape index (κ3) is 36.7. The van der Waals surface area contributed by atoms with E-state index in [1.165, 1.54) is 51.4 Å². The molecule has 0 aromatic rings. The van der Waals surface area contributed by atoms with E-state index in [1.54, 1.807) is 0 Å². The lowest BCUT2D eigenvalue weighted by atomic mass is 10.1. The lowest BCUT2D eigenvalue weighted by Gasteiger charge is -2.24. The number of phosphoric ester groups is 1. The quantitative estimate of drug-likeness (QED) is 0.0162. The van der Waals surface area contributed by atoms with Gasteiger partial charge < -0.3 is 23.6 Å². The summed E-state index contributed by atoms with van der Waals surface area (Å²) in [6.45, 7) is 4.20. The molecule has 0 radical (unpaired) electrons. The number of rotatable bonds is 38. The molecule has 0 aromatic heterocycles. The van der Waals surface area contributed by atoms with Crippen molar-refractivity contribution in [2.24, 2.45) is 0 Å². The molecule has 1 saturated heterocycles. The third-order valence-electron chi connectivity index (χ3n) is 9.32. The second-order valence-corrected chi connectivity index (χ2v) is 17.6. The summed E-state index contributed by atoms with van der Waals surface area (Å²) in [5.41, 5.74) is 0. The van der Waals surface area contributed by atoms with Gasteiger partial charge in [0.1, 0.15) is 19.8 Å². The molecule has 0 amide bonds. The maximum absolute atomic E-state index is 12.7. The van der Waals surface area contributed by atoms with Crippen molar-refractivity contribution in [1.29, 1.82) is 0 Å². The Hall–Kier alpha value is -2.85. The van der Waals surface area contributed by atoms with Crippen LogP contribution >= 0.6 is 7.82 Å². The standard InChI is InChI=1S/C48H80NO9P/c1-6-8-10-11-12-13-14-15-16-17-18-19-20-24-27-30-34-38-47(50)54-42-44(43-56-59(52,53)55-41-40-49(3,4)5)57-48(51)39-35-31-28-25-22-21-23-26-29-33-37-46-45(58-46)36-32-9-7-2/h12-13,15-16,18-19,21,23-25,27-29,33,44-46H,6-11,14,17,20,22,26,30-32,34-43H2,1-5H3/p+1/b13-12-,16-15-,19-18-,23-21-,27-24-,28-25-,33-29-/t44-,45?,46?/m1/s1. The highest BCUT2D eigenvalue weighted by Gasteiger charge is 2.36. The lowest BCUT2D eigenvalue weighted by molar-refractivity contribution is -0.870. The second-order valence-electron chi connectivity index (χ2n) is 16.1. The van der Waals surface area contributed by atoms with Gasteiger partial charge >= 0.3 is 19.8 Å². The molecular formula is C48H81NO9P+. The van der Waals surface area contributed by atoms with Crippen LogP contribution in [0.2, 0.25) is 0 Å². The molecule has 0 saturated carbocycles. The fourth-order valence-corrected chi connectivity index (χ4v) is 6.42. The first kappa shape index (κ1) is 54.2. The third-order valence-corrected chi connectivity index (χ3v) is 10.3. The molecular weight excluding hydrogens is 765 g/mol. The van der Waals surface area contributed by atoms with Gasteiger partial charge in [-0.15, -0.1) is 0 Å². The van der Waals surface area contributed by atoms with Crippen LogP contribution in [0.5, 0.6) is 0 Å². The van der Waals surface area contributed by atoms with Gasteiger partial charge in [-0.25, -0.2) is 4.57 Å². The average Bonchev–Trinajstić information content (AvgIpc) is 3.94. The van der Waals surface area contributed by atoms with Crippen molar-refractivity contribution in [1.82, 2.24) is 0 Å². The Labute approximate surface area is 358 Å². The van der Waals surface area contributed by atoms with Gasteiger partial charge in [0.15, 0.2) is 6.10 Å². The number of carbonyl (C=O) groups excluding carboxylic acids is 2. The molecule has 336 valence electrons. The van der Waals surface area contributed by atoms with Gasteiger partial charge in [-0.3, -0.25) is 18.6 Å². The van der Waals surface area contributed by atoms with E-state index in [0.29, 0.717) is 42.5 Å². The van der Waals surface area contributed by atoms with E-state index in [9.17, 15) is 19.0 Å². The van der Waals surface area contributed by atoms with Crippen molar-refractivity contribution in [3.05, 3.63) is 85.1 Å². The average molecular weight is 847 g/mol. The van der Waals surface area contributed by atoms with E-state index in [4.69, 9.17) is 23.3 Å². The molecule has 1 aliphatic heterocycles. The van der Waals surface area contributed by atoms with Crippen LogP contribution in [-0.2, 0) is 37.4 Å². The Morgan fingerprint density at radius 2 is 1.12 bits per heavy atom. The van der Waals surface area contributed by atoms with Crippen molar-refractivity contribution < 1.29 is 46.8 Å². The Kier molecular flexibility index (Phi) is 32.9. The van der Waals surface area contributed by atoms with E-state index in [0.717, 1.165) is 44.9 Å². The summed E-state index contributed by atoms with van der Waals surface area (Å²) in [4.78, 5) is 35.4. The van der Waals surface area contributed by atoms with Crippen LogP contribution < -0.4 is 0 Å². The summed E-state index contributed by atoms with van der Waals surface area (Å²) >= 11 is 0. The molecule has 0 bridgehead atoms. The zero-order valence-electron chi connectivity index (χ0n) is 37.4. The summed E-state index contributed by atoms with van der Waals surface area (Å²) in [5, 5.41) is 0. The van der Waals surface area contributed by atoms with Crippen LogP contribution in [0.1, 0.15) is 142 Å². The Balaban J connectivity index is 2.37. The number of allylic oxidation sites excluding steroid dienone is 13. The first-order valence-electron chi connectivity index (χ1n) is 22.4. The van der Waals surface area contributed by atoms with Crippen molar-refractivity contribution in [3.63, 3.8) is 0 Å². The molecule has 1 fully saturated rings. The molecule has 0 spiro atoms. The van der Waals surface area contributed by atoms with Crippen molar-refractivity contribution in [2.45, 2.75) is 161 Å². The van der Waals surface area contributed by atoms with E-state index in [2.05, 4.69) is 86.8 Å². The summed E-state index contributed by atoms with van der Waals surface area (Å²) in [6.07, 6.45) is 48.2. The van der Waals surface area contributed by atoms with E-state index in [-0.39, 0.29) is 26.1 Å². The Morgan fingerprint density at radius 1 is 0.627 bits per heavy atom. The van der Waals surface area contributed by atoms with Crippen molar-refractivity contribution in [2.75, 3.05) is 47.5 Å². The van der Waals surface area contributed by atoms with Gasteiger partial charge in [0.25, 0.3) is 0 Å². The zero-order valence-corrected chi connectivity index (χ0v) is 38.3. The number of esters is 2. The molecule has 0 aliphatic carbocycles. The Bertz CT molecular complexity index is 1340. The molecule has 1 heterocycles. The van der Waals surface area contributed by atoms with E-state index < -0.39 is 32.5 Å². The van der Waals surface area contributed by atoms with E-state index >= 15 is 0 Å². The number of unbranched alkanes of at least 4 members (excludes halogenated alkanes) is 7. The minimum atomic E-state index is -4.41. The molecule has 11 heteroatoms. The molecule has 4 atom stereocenters. The molecule has 10 nitrogen and oxygen atoms in total. The number of quaternary nitrogens is 1. The number of carbonyl (C=O) groups is 2. The number of hydrogen-bond donors (Lipinski definition) is 1. The molecule has 0 aromatic carbocycles. The van der Waals surface area contributed by atoms with Crippen molar-refractivity contribution >= 4 is 19.8 Å². The number of nitrogens with zero attached hydrogens (tertiary/aromatic N) is 1. The van der Waals surface area contributed by atoms with Crippen LogP contribution in [0.15, 0.2) is 85.1 Å². The molecule has 1 rings (SSSR count). The minimum absolute atomic E-state index is 0.00634. The van der Waals surface area contributed by atoms with Crippen LogP contribution in [0.3, 0.4) is 0 Å². The van der Waals surface area contributed by atoms with Gasteiger partial charge in [0, 0.05) is 12.8 Å². The van der Waals surface area contributed by atoms with Crippen LogP contribution in [0.4, 0.5) is 0 Å². The van der Waals surface area contributed by atoms with Gasteiger partial charge in [-0.1, -0.05) is 131 Å². The highest BCUT2D eigenvalue weighted by Crippen LogP contribution is 2.43. The lowest BCUT2D eigenvalue weighted by Crippen LogP contribution is -2.37. The smallest absolute Gasteiger partial charge is 0.462 e. The topological polar surface area (TPSA) is 121 Å². The highest BCUT2D eigenvalue weighted by atomic mass is 31.2. The van der Waals surface area contributed by atoms with Crippen LogP contribution in [0, 0.1) is 0 Å². The maximum atomic E-state index is 12.7. The number of ether oxygens (including phenoxy) is 3. The first-order valence-corrected chi connectivity index (χ1v) is 23.9. The maximum Gasteiger partial charge on any atom is 0.472 e. The highest BCUT2D eigenvalue weighted by molar-refractivity contribution is 7.47. The summed E-state index contributed by atoms with van der Waals surface area (Å²) < 4.78 is 39.9. The summed E-state index contributed by atoms with van der Waals surface area (Å²) in [6, 6.07) is 0. The predicted molar refractivity (Wildman–Crippen MR) is 242 cm³/mol. The van der Waals surface area contributed by atoms with E-state index in [1.807, 2.05) is 33.3 Å². The van der Waals surface area contributed by atoms with Crippen LogP contribution in [0.25, 0.3) is 0 Å². The SMILES string of the molecule is CCCCC/C=C\C/C=C\C/C=C\C/C=C\CCCC(=O)OC[C@H](COP(=O)(O)OCC[N+](C)(C)C)OC(=O)CCC/C=C\C/C=C\C/C=C\CC1OC1CCCCC. The Morgan fingerprint density at radius 3 is 1.66 bits per heavy atom. The molecule has 1 aliphatic rings. The molecule has 1 N–H and O–H groups in total. The van der Waals surface area contributed by atoms with Crippen molar-refractivity contribution in [3.8, 4) is 0 Å². The van der Waals surface area contributed by atoms with Gasteiger partial charge in [0.2, 0.25) is 0 Å². The predicted octanol–water partition coefficient (Wildman–Crippen LogP) is 11.8. The number of hydrogen-bond acceptors (Lipinski definition) is 8. The molecule has 3 unspecified atom stereocenters. The number of likely N-dealkylation sites (N-methyl/N-ethyl adjacent to an activating group) is 1. The van der Waals surface area contributed by atoms with Crippen LogP contribution in [-0.4, -0.2) is 87.1 Å². The zero-order chi connectivity index (χ0) is 43.3. The number of epoxide rings is 1. The van der Waals surface area contributed by atoms with Gasteiger partial charge in [-0.2, -0.15) is 0 Å². The fourth-order valence-electron chi connectivity index (χ4n) is 5.68. The minimum Gasteiger partial charge on any atom is -0.462 e. The summed E-state index contributed by atoms with van der Waals surface area (Å²) in [5.74, 6) is -0.944. The van der Waals surface area contributed by atoms with Gasteiger partial charge in [0.05, 0.1) is 40.0 Å². The normalized spacial score (nSPS) is 17.8. The largest absolute Gasteiger partial charge is 0.472 e.